The standard InChI is InChI=1S/C13H23N3O/c1-16(6-7-17-8-11-2-3-11)10-13(15,9-14)12-4-5-12/h11-12H,2-8,10,15H2,1H3. The summed E-state index contributed by atoms with van der Waals surface area (Å²) >= 11 is 0. The van der Waals surface area contributed by atoms with E-state index in [-0.39, 0.29) is 0 Å². The Labute approximate surface area is 104 Å². The maximum atomic E-state index is 9.16. The summed E-state index contributed by atoms with van der Waals surface area (Å²) in [7, 11) is 2.02. The molecule has 1 atom stereocenters. The van der Waals surface area contributed by atoms with Crippen LogP contribution in [0.3, 0.4) is 0 Å². The Balaban J connectivity index is 1.61. The highest BCUT2D eigenvalue weighted by molar-refractivity contribution is 5.14. The average molecular weight is 237 g/mol. The number of hydrogen-bond donors (Lipinski definition) is 1. The molecule has 2 N–H and O–H groups in total. The first-order valence-corrected chi connectivity index (χ1v) is 6.60. The van der Waals surface area contributed by atoms with Crippen LogP contribution in [0.25, 0.3) is 0 Å². The van der Waals surface area contributed by atoms with E-state index in [2.05, 4.69) is 11.0 Å². The highest BCUT2D eigenvalue weighted by Gasteiger charge is 2.43. The summed E-state index contributed by atoms with van der Waals surface area (Å²) in [6, 6.07) is 2.29. The zero-order valence-electron chi connectivity index (χ0n) is 10.7. The van der Waals surface area contributed by atoms with Crippen LogP contribution in [-0.2, 0) is 4.74 Å². The number of nitrogens with two attached hydrogens (primary N) is 1. The van der Waals surface area contributed by atoms with Crippen molar-refractivity contribution in [2.75, 3.05) is 33.4 Å². The number of likely N-dealkylation sites (N-methyl/N-ethyl adjacent to an activating group) is 1. The Bertz CT molecular complexity index is 294. The molecular weight excluding hydrogens is 214 g/mol. The first-order valence-electron chi connectivity index (χ1n) is 6.60. The van der Waals surface area contributed by atoms with Crippen LogP contribution < -0.4 is 5.73 Å². The van der Waals surface area contributed by atoms with Crippen LogP contribution in [0.2, 0.25) is 0 Å². The van der Waals surface area contributed by atoms with E-state index in [4.69, 9.17) is 15.7 Å². The Kier molecular flexibility index (Phi) is 4.03. The van der Waals surface area contributed by atoms with E-state index in [1.807, 2.05) is 7.05 Å². The molecule has 96 valence electrons. The van der Waals surface area contributed by atoms with Gasteiger partial charge in [0.15, 0.2) is 0 Å². The molecule has 1 unspecified atom stereocenters. The molecule has 4 heteroatoms. The van der Waals surface area contributed by atoms with Crippen LogP contribution in [0.15, 0.2) is 0 Å². The van der Waals surface area contributed by atoms with Crippen molar-refractivity contribution >= 4 is 0 Å². The van der Waals surface area contributed by atoms with E-state index in [1.54, 1.807) is 0 Å². The lowest BCUT2D eigenvalue weighted by Gasteiger charge is -2.27. The van der Waals surface area contributed by atoms with Crippen LogP contribution in [0.4, 0.5) is 0 Å². The van der Waals surface area contributed by atoms with Crippen molar-refractivity contribution in [3.63, 3.8) is 0 Å². The Morgan fingerprint density at radius 2 is 2.12 bits per heavy atom. The largest absolute Gasteiger partial charge is 0.380 e. The zero-order chi connectivity index (χ0) is 12.3. The molecule has 0 bridgehead atoms. The molecule has 4 nitrogen and oxygen atoms in total. The number of nitriles is 1. The van der Waals surface area contributed by atoms with Crippen molar-refractivity contribution in [2.45, 2.75) is 31.2 Å². The minimum atomic E-state index is -0.648. The summed E-state index contributed by atoms with van der Waals surface area (Å²) in [6.07, 6.45) is 4.88. The zero-order valence-corrected chi connectivity index (χ0v) is 10.7. The quantitative estimate of drug-likeness (QED) is 0.639. The number of nitrogens with zero attached hydrogens (tertiary/aromatic N) is 2. The molecule has 0 aromatic carbocycles. The van der Waals surface area contributed by atoms with E-state index < -0.39 is 5.54 Å². The van der Waals surface area contributed by atoms with E-state index in [1.165, 1.54) is 12.8 Å². The van der Waals surface area contributed by atoms with Gasteiger partial charge in [0, 0.05) is 19.7 Å². The monoisotopic (exact) mass is 237 g/mol. The van der Waals surface area contributed by atoms with Gasteiger partial charge in [0.05, 0.1) is 12.7 Å². The fraction of sp³-hybridized carbons (Fsp3) is 0.923. The van der Waals surface area contributed by atoms with Gasteiger partial charge in [0.1, 0.15) is 5.54 Å². The highest BCUT2D eigenvalue weighted by Crippen LogP contribution is 2.38. The summed E-state index contributed by atoms with van der Waals surface area (Å²) in [5.74, 6) is 1.22. The lowest BCUT2D eigenvalue weighted by Crippen LogP contribution is -2.50. The third kappa shape index (κ3) is 3.95. The van der Waals surface area contributed by atoms with Crippen molar-refractivity contribution < 1.29 is 4.74 Å². The smallest absolute Gasteiger partial charge is 0.119 e. The third-order valence-corrected chi connectivity index (χ3v) is 3.71. The van der Waals surface area contributed by atoms with Crippen LogP contribution in [-0.4, -0.2) is 43.8 Å². The summed E-state index contributed by atoms with van der Waals surface area (Å²) < 4.78 is 5.59. The average Bonchev–Trinajstić information content (AvgIpc) is 3.17. The second-order valence-electron chi connectivity index (χ2n) is 5.68. The molecule has 0 saturated heterocycles. The van der Waals surface area contributed by atoms with Crippen molar-refractivity contribution in [1.82, 2.24) is 4.90 Å². The topological polar surface area (TPSA) is 62.3 Å². The molecule has 0 aromatic heterocycles. The molecule has 0 aromatic rings. The Morgan fingerprint density at radius 3 is 2.65 bits per heavy atom. The highest BCUT2D eigenvalue weighted by atomic mass is 16.5. The molecule has 0 amide bonds. The van der Waals surface area contributed by atoms with Gasteiger partial charge in [0.25, 0.3) is 0 Å². The second-order valence-corrected chi connectivity index (χ2v) is 5.68. The molecular formula is C13H23N3O. The van der Waals surface area contributed by atoms with Gasteiger partial charge in [-0.2, -0.15) is 5.26 Å². The lowest BCUT2D eigenvalue weighted by molar-refractivity contribution is 0.0985. The molecule has 2 saturated carbocycles. The third-order valence-electron chi connectivity index (χ3n) is 3.71. The lowest BCUT2D eigenvalue weighted by atomic mass is 9.96. The molecule has 0 spiro atoms. The van der Waals surface area contributed by atoms with E-state index in [0.717, 1.165) is 38.5 Å². The minimum Gasteiger partial charge on any atom is -0.380 e. The normalized spacial score (nSPS) is 23.4. The summed E-state index contributed by atoms with van der Waals surface area (Å²) in [5, 5.41) is 9.16. The van der Waals surface area contributed by atoms with Gasteiger partial charge in [-0.15, -0.1) is 0 Å². The van der Waals surface area contributed by atoms with Crippen LogP contribution in [0, 0.1) is 23.2 Å². The maximum Gasteiger partial charge on any atom is 0.119 e. The van der Waals surface area contributed by atoms with Gasteiger partial charge in [-0.3, -0.25) is 0 Å². The molecule has 2 rings (SSSR count). The maximum absolute atomic E-state index is 9.16. The van der Waals surface area contributed by atoms with Gasteiger partial charge in [0.2, 0.25) is 0 Å². The number of rotatable bonds is 8. The molecule has 0 heterocycles. The van der Waals surface area contributed by atoms with Gasteiger partial charge in [-0.05, 0) is 44.6 Å². The SMILES string of the molecule is CN(CCOCC1CC1)CC(N)(C#N)C1CC1. The van der Waals surface area contributed by atoms with Gasteiger partial charge in [-0.25, -0.2) is 0 Å². The van der Waals surface area contributed by atoms with Gasteiger partial charge >= 0.3 is 0 Å². The van der Waals surface area contributed by atoms with Crippen molar-refractivity contribution in [3.8, 4) is 6.07 Å². The fourth-order valence-electron chi connectivity index (χ4n) is 2.13. The first kappa shape index (κ1) is 12.8. The second kappa shape index (κ2) is 5.34. The molecule has 2 aliphatic rings. The predicted molar refractivity (Wildman–Crippen MR) is 66.3 cm³/mol. The van der Waals surface area contributed by atoms with Gasteiger partial charge < -0.3 is 15.4 Å². The van der Waals surface area contributed by atoms with Crippen molar-refractivity contribution in [1.29, 1.82) is 5.26 Å². The molecule has 17 heavy (non-hydrogen) atoms. The first-order chi connectivity index (χ1) is 8.14. The Hall–Kier alpha value is -0.630. The number of ether oxygens (including phenoxy) is 1. The van der Waals surface area contributed by atoms with E-state index in [0.29, 0.717) is 12.5 Å². The molecule has 2 aliphatic carbocycles. The van der Waals surface area contributed by atoms with Crippen LogP contribution in [0.5, 0.6) is 0 Å². The van der Waals surface area contributed by atoms with E-state index >= 15 is 0 Å². The van der Waals surface area contributed by atoms with Crippen molar-refractivity contribution in [3.05, 3.63) is 0 Å². The minimum absolute atomic E-state index is 0.405. The summed E-state index contributed by atoms with van der Waals surface area (Å²) in [6.45, 7) is 3.17. The van der Waals surface area contributed by atoms with Crippen molar-refractivity contribution in [2.24, 2.45) is 17.6 Å². The predicted octanol–water partition coefficient (Wildman–Crippen LogP) is 0.976. The molecule has 0 aliphatic heterocycles. The van der Waals surface area contributed by atoms with E-state index in [9.17, 15) is 0 Å². The number of hydrogen-bond acceptors (Lipinski definition) is 4. The van der Waals surface area contributed by atoms with Gasteiger partial charge in [-0.1, -0.05) is 0 Å². The fourth-order valence-corrected chi connectivity index (χ4v) is 2.13. The summed E-state index contributed by atoms with van der Waals surface area (Å²) in [4.78, 5) is 2.12. The van der Waals surface area contributed by atoms with Crippen LogP contribution >= 0.6 is 0 Å². The molecule has 2 fully saturated rings. The van der Waals surface area contributed by atoms with Crippen LogP contribution in [0.1, 0.15) is 25.7 Å². The molecule has 0 radical (unpaired) electrons. The summed E-state index contributed by atoms with van der Waals surface area (Å²) in [5.41, 5.74) is 5.47. The Morgan fingerprint density at radius 1 is 1.41 bits per heavy atom.